The highest BCUT2D eigenvalue weighted by molar-refractivity contribution is 6.36. The maximum Gasteiger partial charge on any atom is 0.252 e. The van der Waals surface area contributed by atoms with Crippen LogP contribution in [0.4, 0.5) is 0 Å². The molecule has 0 bridgehead atoms. The van der Waals surface area contributed by atoms with Crippen LogP contribution in [0.2, 0.25) is 10.0 Å². The molecule has 0 aliphatic rings. The van der Waals surface area contributed by atoms with Gasteiger partial charge in [-0.05, 0) is 49.1 Å². The van der Waals surface area contributed by atoms with E-state index in [0.717, 1.165) is 13.0 Å². The van der Waals surface area contributed by atoms with Crippen molar-refractivity contribution in [2.24, 2.45) is 0 Å². The van der Waals surface area contributed by atoms with Crippen molar-refractivity contribution in [2.45, 2.75) is 19.9 Å². The molecule has 0 fully saturated rings. The monoisotopic (exact) mass is 360 g/mol. The molecule has 0 spiro atoms. The third-order valence-corrected chi connectivity index (χ3v) is 4.59. The van der Waals surface area contributed by atoms with Crippen LogP contribution in [0.15, 0.2) is 48.5 Å². The second kappa shape index (κ2) is 7.29. The largest absolute Gasteiger partial charge is 0.352 e. The van der Waals surface area contributed by atoms with Gasteiger partial charge in [0.05, 0.1) is 10.6 Å². The molecule has 0 aliphatic heterocycles. The fourth-order valence-corrected chi connectivity index (χ4v) is 3.35. The van der Waals surface area contributed by atoms with Gasteiger partial charge in [0, 0.05) is 29.3 Å². The molecule has 0 saturated heterocycles. The van der Waals surface area contributed by atoms with Crippen molar-refractivity contribution in [3.05, 3.63) is 69.8 Å². The summed E-state index contributed by atoms with van der Waals surface area (Å²) in [4.78, 5) is 12.2. The quantitative estimate of drug-likeness (QED) is 0.632. The molecule has 1 amide bonds. The van der Waals surface area contributed by atoms with E-state index in [-0.39, 0.29) is 5.91 Å². The number of benzene rings is 2. The van der Waals surface area contributed by atoms with Gasteiger partial charge in [-0.15, -0.1) is 0 Å². The second-order valence-corrected chi connectivity index (χ2v) is 6.57. The molecule has 3 rings (SSSR count). The molecule has 1 heterocycles. The Morgan fingerprint density at radius 2 is 1.92 bits per heavy atom. The summed E-state index contributed by atoms with van der Waals surface area (Å²) in [6.45, 7) is 3.55. The molecule has 1 aromatic heterocycles. The summed E-state index contributed by atoms with van der Waals surface area (Å²) >= 11 is 11.9. The van der Waals surface area contributed by atoms with Crippen molar-refractivity contribution in [1.82, 2.24) is 9.88 Å². The average Bonchev–Trinajstić information content (AvgIpc) is 2.87. The van der Waals surface area contributed by atoms with Gasteiger partial charge in [0.15, 0.2) is 0 Å². The van der Waals surface area contributed by atoms with Gasteiger partial charge in [-0.1, -0.05) is 41.4 Å². The van der Waals surface area contributed by atoms with E-state index in [0.29, 0.717) is 22.2 Å². The number of amides is 1. The van der Waals surface area contributed by atoms with Crippen molar-refractivity contribution >= 4 is 40.0 Å². The summed E-state index contributed by atoms with van der Waals surface area (Å²) in [6, 6.07) is 15.4. The fourth-order valence-electron chi connectivity index (χ4n) is 2.85. The van der Waals surface area contributed by atoms with E-state index in [1.54, 1.807) is 18.2 Å². The number of fused-ring (bicyclic) bond motifs is 1. The minimum atomic E-state index is -0.175. The van der Waals surface area contributed by atoms with Gasteiger partial charge in [-0.3, -0.25) is 4.79 Å². The molecule has 0 unspecified atom stereocenters. The predicted molar refractivity (Wildman–Crippen MR) is 100 cm³/mol. The van der Waals surface area contributed by atoms with E-state index < -0.39 is 0 Å². The van der Waals surface area contributed by atoms with Crippen molar-refractivity contribution < 1.29 is 4.79 Å². The smallest absolute Gasteiger partial charge is 0.252 e. The molecule has 3 nitrogen and oxygen atoms in total. The first-order valence-electron chi connectivity index (χ1n) is 7.84. The van der Waals surface area contributed by atoms with Crippen LogP contribution in [0.5, 0.6) is 0 Å². The van der Waals surface area contributed by atoms with Gasteiger partial charge in [-0.25, -0.2) is 0 Å². The molecule has 1 N–H and O–H groups in total. The van der Waals surface area contributed by atoms with Gasteiger partial charge in [-0.2, -0.15) is 0 Å². The number of carbonyl (C=O) groups excluding carboxylic acids is 1. The zero-order valence-electron chi connectivity index (χ0n) is 13.4. The van der Waals surface area contributed by atoms with Gasteiger partial charge in [0.25, 0.3) is 5.91 Å². The number of rotatable bonds is 5. The van der Waals surface area contributed by atoms with E-state index >= 15 is 0 Å². The number of halogens is 2. The Morgan fingerprint density at radius 1 is 1.12 bits per heavy atom. The Balaban J connectivity index is 1.58. The summed E-state index contributed by atoms with van der Waals surface area (Å²) in [7, 11) is 0. The third kappa shape index (κ3) is 3.58. The highest BCUT2D eigenvalue weighted by Crippen LogP contribution is 2.21. The Bertz CT molecular complexity index is 886. The molecule has 124 valence electrons. The maximum absolute atomic E-state index is 12.2. The minimum absolute atomic E-state index is 0.175. The fraction of sp³-hybridized carbons (Fsp3) is 0.211. The van der Waals surface area contributed by atoms with E-state index in [9.17, 15) is 4.79 Å². The normalized spacial score (nSPS) is 11.0. The highest BCUT2D eigenvalue weighted by atomic mass is 35.5. The SMILES string of the molecule is Cc1cc2ccccc2n1CCCNC(=O)c1ccc(Cl)cc1Cl. The molecule has 0 saturated carbocycles. The molecular formula is C19H18Cl2N2O. The van der Waals surface area contributed by atoms with E-state index in [2.05, 4.69) is 35.0 Å². The van der Waals surface area contributed by atoms with Crippen molar-refractivity contribution in [3.63, 3.8) is 0 Å². The Kier molecular flexibility index (Phi) is 5.12. The Hall–Kier alpha value is -1.97. The Labute approximate surface area is 151 Å². The lowest BCUT2D eigenvalue weighted by molar-refractivity contribution is 0.0953. The van der Waals surface area contributed by atoms with Crippen LogP contribution in [0.3, 0.4) is 0 Å². The number of nitrogens with zero attached hydrogens (tertiary/aromatic N) is 1. The van der Waals surface area contributed by atoms with Crippen LogP contribution in [-0.2, 0) is 6.54 Å². The molecule has 0 atom stereocenters. The summed E-state index contributed by atoms with van der Waals surface area (Å²) in [5, 5.41) is 5.04. The van der Waals surface area contributed by atoms with E-state index in [1.165, 1.54) is 16.6 Å². The minimum Gasteiger partial charge on any atom is -0.352 e. The topological polar surface area (TPSA) is 34.0 Å². The molecule has 24 heavy (non-hydrogen) atoms. The Morgan fingerprint density at radius 3 is 2.71 bits per heavy atom. The lowest BCUT2D eigenvalue weighted by Crippen LogP contribution is -2.25. The zero-order chi connectivity index (χ0) is 17.1. The van der Waals surface area contributed by atoms with Crippen LogP contribution in [0.1, 0.15) is 22.5 Å². The van der Waals surface area contributed by atoms with Gasteiger partial charge >= 0.3 is 0 Å². The van der Waals surface area contributed by atoms with Gasteiger partial charge in [0.2, 0.25) is 0 Å². The van der Waals surface area contributed by atoms with Crippen LogP contribution in [-0.4, -0.2) is 17.0 Å². The standard InChI is InChI=1S/C19H18Cl2N2O/c1-13-11-14-5-2-3-6-18(14)23(13)10-4-9-22-19(24)16-8-7-15(20)12-17(16)21/h2-3,5-8,11-12H,4,9-10H2,1H3,(H,22,24). The average molecular weight is 361 g/mol. The second-order valence-electron chi connectivity index (χ2n) is 5.73. The van der Waals surface area contributed by atoms with Crippen LogP contribution in [0, 0.1) is 6.92 Å². The number of aryl methyl sites for hydroxylation is 2. The number of para-hydroxylation sites is 1. The predicted octanol–water partition coefficient (Wildman–Crippen LogP) is 5.08. The molecule has 2 aromatic carbocycles. The number of aromatic nitrogens is 1. The number of hydrogen-bond acceptors (Lipinski definition) is 1. The van der Waals surface area contributed by atoms with Crippen molar-refractivity contribution in [2.75, 3.05) is 6.54 Å². The first-order valence-corrected chi connectivity index (χ1v) is 8.60. The van der Waals surface area contributed by atoms with E-state index in [4.69, 9.17) is 23.2 Å². The van der Waals surface area contributed by atoms with Crippen molar-refractivity contribution in [1.29, 1.82) is 0 Å². The van der Waals surface area contributed by atoms with Crippen LogP contribution >= 0.6 is 23.2 Å². The third-order valence-electron chi connectivity index (χ3n) is 4.04. The zero-order valence-corrected chi connectivity index (χ0v) is 14.9. The molecular weight excluding hydrogens is 343 g/mol. The number of nitrogens with one attached hydrogen (secondary N) is 1. The van der Waals surface area contributed by atoms with Gasteiger partial charge < -0.3 is 9.88 Å². The first-order chi connectivity index (χ1) is 11.6. The molecule has 0 aliphatic carbocycles. The van der Waals surface area contributed by atoms with Gasteiger partial charge in [0.1, 0.15) is 0 Å². The lowest BCUT2D eigenvalue weighted by Gasteiger charge is -2.10. The molecule has 5 heteroatoms. The van der Waals surface area contributed by atoms with Crippen molar-refractivity contribution in [3.8, 4) is 0 Å². The van der Waals surface area contributed by atoms with Crippen LogP contribution < -0.4 is 5.32 Å². The molecule has 3 aromatic rings. The number of carbonyl (C=O) groups is 1. The summed E-state index contributed by atoms with van der Waals surface area (Å²) < 4.78 is 2.27. The number of hydrogen-bond donors (Lipinski definition) is 1. The maximum atomic E-state index is 12.2. The summed E-state index contributed by atoms with van der Waals surface area (Å²) in [5.74, 6) is -0.175. The van der Waals surface area contributed by atoms with Crippen LogP contribution in [0.25, 0.3) is 10.9 Å². The lowest BCUT2D eigenvalue weighted by atomic mass is 10.2. The van der Waals surface area contributed by atoms with E-state index in [1.807, 2.05) is 12.1 Å². The summed E-state index contributed by atoms with van der Waals surface area (Å²) in [5.41, 5.74) is 2.90. The highest BCUT2D eigenvalue weighted by Gasteiger charge is 2.10. The summed E-state index contributed by atoms with van der Waals surface area (Å²) in [6.07, 6.45) is 0.844. The molecule has 0 radical (unpaired) electrons. The first kappa shape index (κ1) is 16.9.